The van der Waals surface area contributed by atoms with Crippen LogP contribution in [0.1, 0.15) is 33.3 Å². The fourth-order valence-corrected chi connectivity index (χ4v) is 2.03. The molecule has 1 rings (SSSR count). The van der Waals surface area contributed by atoms with Gasteiger partial charge < -0.3 is 24.8 Å². The zero-order chi connectivity index (χ0) is 20.8. The van der Waals surface area contributed by atoms with Crippen molar-refractivity contribution < 1.29 is 39.2 Å². The number of hydrogen-bond donors (Lipinski definition) is 5. The van der Waals surface area contributed by atoms with Crippen LogP contribution in [-0.4, -0.2) is 51.1 Å². The summed E-state index contributed by atoms with van der Waals surface area (Å²) in [6.07, 6.45) is -0.956. The molecule has 1 aromatic carbocycles. The first-order valence-electron chi connectivity index (χ1n) is 7.98. The second kappa shape index (κ2) is 8.58. The van der Waals surface area contributed by atoms with E-state index < -0.39 is 41.5 Å². The number of ether oxygens (including phenoxy) is 2. The first kappa shape index (κ1) is 22.0. The van der Waals surface area contributed by atoms with Crippen molar-refractivity contribution >= 4 is 18.0 Å². The van der Waals surface area contributed by atoms with Crippen molar-refractivity contribution in [3.63, 3.8) is 0 Å². The lowest BCUT2D eigenvalue weighted by Gasteiger charge is -2.29. The molecule has 0 unspecified atom stereocenters. The van der Waals surface area contributed by atoms with Crippen molar-refractivity contribution in [1.29, 1.82) is 0 Å². The van der Waals surface area contributed by atoms with Gasteiger partial charge >= 0.3 is 18.0 Å². The Morgan fingerprint density at radius 1 is 1.07 bits per heavy atom. The van der Waals surface area contributed by atoms with E-state index in [2.05, 4.69) is 10.9 Å². The number of carbonyl (C=O) groups is 3. The van der Waals surface area contributed by atoms with E-state index in [4.69, 9.17) is 14.6 Å². The number of carboxylic acids is 1. The molecule has 0 saturated carbocycles. The number of nitrogens with one attached hydrogen (secondary N) is 2. The third kappa shape index (κ3) is 7.40. The van der Waals surface area contributed by atoms with E-state index in [1.165, 1.54) is 25.1 Å². The maximum atomic E-state index is 12.4. The summed E-state index contributed by atoms with van der Waals surface area (Å²) in [5.74, 6) is -3.02. The molecule has 1 aromatic rings. The lowest BCUT2D eigenvalue weighted by atomic mass is 9.93. The summed E-state index contributed by atoms with van der Waals surface area (Å²) in [5.41, 5.74) is 2.77. The number of hydrogen-bond acceptors (Lipinski definition) is 8. The van der Waals surface area contributed by atoms with E-state index in [-0.39, 0.29) is 12.2 Å². The SMILES string of the molecule is CC(C)(C)OC(=O)NN[C@@](C)(Cc1ccc(O)c(O)c1)C(=O)OCC(=O)O. The van der Waals surface area contributed by atoms with Gasteiger partial charge in [-0.15, -0.1) is 0 Å². The fourth-order valence-electron chi connectivity index (χ4n) is 2.03. The molecule has 5 N–H and O–H groups in total. The number of aromatic hydroxyl groups is 2. The molecule has 0 aromatic heterocycles. The highest BCUT2D eigenvalue weighted by Crippen LogP contribution is 2.27. The molecule has 0 aliphatic carbocycles. The highest BCUT2D eigenvalue weighted by Gasteiger charge is 2.36. The van der Waals surface area contributed by atoms with Crippen LogP contribution in [0.2, 0.25) is 0 Å². The molecular formula is C17H24N2O8. The van der Waals surface area contributed by atoms with Crippen molar-refractivity contribution in [1.82, 2.24) is 10.9 Å². The highest BCUT2D eigenvalue weighted by atomic mass is 16.6. The summed E-state index contributed by atoms with van der Waals surface area (Å²) in [6.45, 7) is 5.49. The number of hydrazine groups is 1. The molecule has 10 heteroatoms. The number of rotatable bonds is 7. The van der Waals surface area contributed by atoms with Crippen molar-refractivity contribution in [2.24, 2.45) is 0 Å². The molecule has 10 nitrogen and oxygen atoms in total. The van der Waals surface area contributed by atoms with Crippen LogP contribution in [0.4, 0.5) is 4.79 Å². The Morgan fingerprint density at radius 2 is 1.70 bits per heavy atom. The summed E-state index contributed by atoms with van der Waals surface area (Å²) < 4.78 is 9.79. The standard InChI is InChI=1S/C17H24N2O8/c1-16(2,3)27-15(25)18-19-17(4,14(24)26-9-13(22)23)8-10-5-6-11(20)12(21)7-10/h5-7,19-21H,8-9H2,1-4H3,(H,18,25)(H,22,23)/t17-/m0/s1. The topological polar surface area (TPSA) is 154 Å². The molecule has 0 bridgehead atoms. The first-order chi connectivity index (χ1) is 12.3. The maximum Gasteiger partial charge on any atom is 0.422 e. The molecule has 0 aliphatic rings. The summed E-state index contributed by atoms with van der Waals surface area (Å²) in [5, 5.41) is 27.7. The lowest BCUT2D eigenvalue weighted by molar-refractivity contribution is -0.160. The summed E-state index contributed by atoms with van der Waals surface area (Å²) in [7, 11) is 0. The van der Waals surface area contributed by atoms with E-state index in [1.54, 1.807) is 20.8 Å². The van der Waals surface area contributed by atoms with Gasteiger partial charge in [0.15, 0.2) is 18.1 Å². The van der Waals surface area contributed by atoms with Crippen LogP contribution in [0.15, 0.2) is 18.2 Å². The Bertz CT molecular complexity index is 713. The minimum atomic E-state index is -1.59. The van der Waals surface area contributed by atoms with Gasteiger partial charge in [0.2, 0.25) is 0 Å². The molecule has 150 valence electrons. The molecule has 0 fully saturated rings. The number of benzene rings is 1. The fraction of sp³-hybridized carbons (Fsp3) is 0.471. The number of phenolic OH excluding ortho intramolecular Hbond substituents is 2. The van der Waals surface area contributed by atoms with Crippen LogP contribution in [0.25, 0.3) is 0 Å². The van der Waals surface area contributed by atoms with Gasteiger partial charge in [0.05, 0.1) is 0 Å². The van der Waals surface area contributed by atoms with E-state index in [1.807, 2.05) is 0 Å². The minimum absolute atomic E-state index is 0.102. The number of carbonyl (C=O) groups excluding carboxylic acids is 2. The van der Waals surface area contributed by atoms with E-state index in [0.29, 0.717) is 5.56 Å². The molecule has 0 spiro atoms. The average molecular weight is 384 g/mol. The predicted octanol–water partition coefficient (Wildman–Crippen LogP) is 1.06. The molecule has 0 saturated heterocycles. The van der Waals surface area contributed by atoms with Gasteiger partial charge in [-0.25, -0.2) is 19.8 Å². The van der Waals surface area contributed by atoms with E-state index in [0.717, 1.165) is 0 Å². The van der Waals surface area contributed by atoms with Crippen molar-refractivity contribution in [3.8, 4) is 11.5 Å². The molecule has 27 heavy (non-hydrogen) atoms. The Kier molecular flexibility index (Phi) is 7.00. The third-order valence-electron chi connectivity index (χ3n) is 3.21. The van der Waals surface area contributed by atoms with Gasteiger partial charge in [-0.1, -0.05) is 6.07 Å². The number of amides is 1. The Hall–Kier alpha value is -3.01. The lowest BCUT2D eigenvalue weighted by Crippen LogP contribution is -2.59. The van der Waals surface area contributed by atoms with Crippen LogP contribution >= 0.6 is 0 Å². The van der Waals surface area contributed by atoms with Crippen LogP contribution in [-0.2, 0) is 25.5 Å². The second-order valence-corrected chi connectivity index (χ2v) is 7.05. The summed E-state index contributed by atoms with van der Waals surface area (Å²) >= 11 is 0. The second-order valence-electron chi connectivity index (χ2n) is 7.05. The van der Waals surface area contributed by atoms with E-state index >= 15 is 0 Å². The van der Waals surface area contributed by atoms with Gasteiger partial charge in [0.25, 0.3) is 0 Å². The zero-order valence-corrected chi connectivity index (χ0v) is 15.5. The number of phenols is 2. The van der Waals surface area contributed by atoms with Crippen molar-refractivity contribution in [2.45, 2.75) is 45.3 Å². The molecule has 0 radical (unpaired) electrons. The average Bonchev–Trinajstić information content (AvgIpc) is 2.52. The Morgan fingerprint density at radius 3 is 2.22 bits per heavy atom. The maximum absolute atomic E-state index is 12.4. The van der Waals surface area contributed by atoms with Crippen LogP contribution in [0, 0.1) is 0 Å². The van der Waals surface area contributed by atoms with Crippen molar-refractivity contribution in [2.75, 3.05) is 6.61 Å². The largest absolute Gasteiger partial charge is 0.504 e. The Labute approximate surface area is 156 Å². The summed E-state index contributed by atoms with van der Waals surface area (Å²) in [4.78, 5) is 34.8. The van der Waals surface area contributed by atoms with Gasteiger partial charge in [-0.05, 0) is 45.4 Å². The smallest absolute Gasteiger partial charge is 0.422 e. The quantitative estimate of drug-likeness (QED) is 0.264. The first-order valence-corrected chi connectivity index (χ1v) is 7.98. The molecular weight excluding hydrogens is 360 g/mol. The third-order valence-corrected chi connectivity index (χ3v) is 3.21. The van der Waals surface area contributed by atoms with E-state index in [9.17, 15) is 24.6 Å². The predicted molar refractivity (Wildman–Crippen MR) is 93.0 cm³/mol. The van der Waals surface area contributed by atoms with Gasteiger partial charge in [-0.3, -0.25) is 5.43 Å². The normalized spacial score (nSPS) is 13.3. The van der Waals surface area contributed by atoms with Gasteiger partial charge in [-0.2, -0.15) is 0 Å². The number of esters is 1. The molecule has 1 atom stereocenters. The van der Waals surface area contributed by atoms with Gasteiger partial charge in [0, 0.05) is 6.42 Å². The number of aliphatic carboxylic acids is 1. The highest BCUT2D eigenvalue weighted by molar-refractivity contribution is 5.83. The van der Waals surface area contributed by atoms with Crippen LogP contribution in [0.3, 0.4) is 0 Å². The minimum Gasteiger partial charge on any atom is -0.504 e. The number of carboxylic acid groups (broad SMARTS) is 1. The van der Waals surface area contributed by atoms with Crippen LogP contribution in [0.5, 0.6) is 11.5 Å². The molecule has 1 amide bonds. The van der Waals surface area contributed by atoms with Gasteiger partial charge in [0.1, 0.15) is 11.1 Å². The monoisotopic (exact) mass is 384 g/mol. The molecule has 0 heterocycles. The zero-order valence-electron chi connectivity index (χ0n) is 15.5. The summed E-state index contributed by atoms with van der Waals surface area (Å²) in [6, 6.07) is 3.91. The Balaban J connectivity index is 2.96. The van der Waals surface area contributed by atoms with Crippen LogP contribution < -0.4 is 10.9 Å². The molecule has 0 aliphatic heterocycles. The van der Waals surface area contributed by atoms with Crippen molar-refractivity contribution in [3.05, 3.63) is 23.8 Å².